The maximum Gasteiger partial charge on any atom is 0.0670 e. The minimum atomic E-state index is 0.364. The molecule has 0 saturated carbocycles. The number of hydrogen-bond acceptors (Lipinski definition) is 3. The Morgan fingerprint density at radius 2 is 2.30 bits per heavy atom. The summed E-state index contributed by atoms with van der Waals surface area (Å²) in [6.07, 6.45) is 2.27. The maximum atomic E-state index is 5.53. The molecule has 1 N–H and O–H groups in total. The SMILES string of the molecule is CCCNC(C)c1ccc(Br)cc1N(C)C1CCOC1. The first-order valence-electron chi connectivity index (χ1n) is 7.47. The number of rotatable bonds is 6. The fourth-order valence-electron chi connectivity index (χ4n) is 2.68. The van der Waals surface area contributed by atoms with Crippen molar-refractivity contribution in [3.05, 3.63) is 28.2 Å². The average Bonchev–Trinajstić information content (AvgIpc) is 2.98. The van der Waals surface area contributed by atoms with E-state index in [2.05, 4.69) is 65.2 Å². The van der Waals surface area contributed by atoms with Crippen LogP contribution in [0.1, 0.15) is 38.3 Å². The quantitative estimate of drug-likeness (QED) is 0.853. The van der Waals surface area contributed by atoms with Gasteiger partial charge in [0.05, 0.1) is 12.6 Å². The number of anilines is 1. The van der Waals surface area contributed by atoms with Gasteiger partial charge in [-0.3, -0.25) is 0 Å². The fourth-order valence-corrected chi connectivity index (χ4v) is 3.03. The van der Waals surface area contributed by atoms with Crippen molar-refractivity contribution in [3.63, 3.8) is 0 Å². The summed E-state index contributed by atoms with van der Waals surface area (Å²) < 4.78 is 6.66. The molecule has 4 heteroatoms. The van der Waals surface area contributed by atoms with Gasteiger partial charge in [-0.2, -0.15) is 0 Å². The largest absolute Gasteiger partial charge is 0.379 e. The van der Waals surface area contributed by atoms with E-state index >= 15 is 0 Å². The molecule has 0 spiro atoms. The molecule has 0 bridgehead atoms. The number of ether oxygens (including phenoxy) is 1. The van der Waals surface area contributed by atoms with Crippen molar-refractivity contribution in [1.29, 1.82) is 0 Å². The molecule has 1 heterocycles. The Morgan fingerprint density at radius 3 is 2.95 bits per heavy atom. The minimum Gasteiger partial charge on any atom is -0.379 e. The van der Waals surface area contributed by atoms with Crippen molar-refractivity contribution in [2.24, 2.45) is 0 Å². The molecule has 3 nitrogen and oxygen atoms in total. The lowest BCUT2D eigenvalue weighted by molar-refractivity contribution is 0.193. The smallest absolute Gasteiger partial charge is 0.0670 e. The molecule has 0 radical (unpaired) electrons. The van der Waals surface area contributed by atoms with Crippen LogP contribution in [0.2, 0.25) is 0 Å². The highest BCUT2D eigenvalue weighted by Gasteiger charge is 2.23. The van der Waals surface area contributed by atoms with E-state index in [-0.39, 0.29) is 0 Å². The van der Waals surface area contributed by atoms with Crippen LogP contribution in [-0.4, -0.2) is 32.8 Å². The first-order valence-corrected chi connectivity index (χ1v) is 8.26. The summed E-state index contributed by atoms with van der Waals surface area (Å²) in [4.78, 5) is 2.37. The third-order valence-corrected chi connectivity index (χ3v) is 4.49. The molecule has 1 aromatic carbocycles. The van der Waals surface area contributed by atoms with Crippen LogP contribution in [-0.2, 0) is 4.74 Å². The Hall–Kier alpha value is -0.580. The van der Waals surface area contributed by atoms with Crippen molar-refractivity contribution in [1.82, 2.24) is 5.32 Å². The normalized spacial score (nSPS) is 20.1. The molecular weight excluding hydrogens is 316 g/mol. The van der Waals surface area contributed by atoms with Crippen molar-refractivity contribution < 1.29 is 4.74 Å². The predicted octanol–water partition coefficient (Wildman–Crippen LogP) is 3.73. The number of benzene rings is 1. The van der Waals surface area contributed by atoms with Crippen molar-refractivity contribution in [2.45, 2.75) is 38.8 Å². The summed E-state index contributed by atoms with van der Waals surface area (Å²) in [7, 11) is 2.18. The van der Waals surface area contributed by atoms with Gasteiger partial charge in [0.15, 0.2) is 0 Å². The Bertz CT molecular complexity index is 432. The molecular formula is C16H25BrN2O. The Labute approximate surface area is 130 Å². The average molecular weight is 341 g/mol. The molecule has 1 aromatic rings. The van der Waals surface area contributed by atoms with Gasteiger partial charge < -0.3 is 15.0 Å². The molecule has 1 aliphatic rings. The third kappa shape index (κ3) is 3.74. The number of nitrogens with one attached hydrogen (secondary N) is 1. The molecule has 0 aromatic heterocycles. The predicted molar refractivity (Wildman–Crippen MR) is 88.5 cm³/mol. The molecule has 112 valence electrons. The highest BCUT2D eigenvalue weighted by molar-refractivity contribution is 9.10. The van der Waals surface area contributed by atoms with Gasteiger partial charge in [0, 0.05) is 29.9 Å². The van der Waals surface area contributed by atoms with Gasteiger partial charge in [-0.1, -0.05) is 28.9 Å². The first kappa shape index (κ1) is 15.8. The standard InChI is InChI=1S/C16H25BrN2O/c1-4-8-18-12(2)15-6-5-13(17)10-16(15)19(3)14-7-9-20-11-14/h5-6,10,12,14,18H,4,7-9,11H2,1-3H3. The Balaban J connectivity index is 2.22. The van der Waals surface area contributed by atoms with E-state index in [1.807, 2.05) is 0 Å². The highest BCUT2D eigenvalue weighted by atomic mass is 79.9. The Morgan fingerprint density at radius 1 is 1.50 bits per heavy atom. The molecule has 1 saturated heterocycles. The lowest BCUT2D eigenvalue weighted by atomic mass is 10.0. The molecule has 0 amide bonds. The summed E-state index contributed by atoms with van der Waals surface area (Å²) in [5, 5.41) is 3.58. The highest BCUT2D eigenvalue weighted by Crippen LogP contribution is 2.31. The zero-order chi connectivity index (χ0) is 14.5. The van der Waals surface area contributed by atoms with Crippen LogP contribution in [0.4, 0.5) is 5.69 Å². The van der Waals surface area contributed by atoms with Crippen LogP contribution in [0.3, 0.4) is 0 Å². The second kappa shape index (κ2) is 7.43. The van der Waals surface area contributed by atoms with Gasteiger partial charge in [-0.25, -0.2) is 0 Å². The Kier molecular flexibility index (Phi) is 5.87. The first-order chi connectivity index (χ1) is 9.63. The van der Waals surface area contributed by atoms with Gasteiger partial charge in [0.25, 0.3) is 0 Å². The van der Waals surface area contributed by atoms with Crippen LogP contribution < -0.4 is 10.2 Å². The minimum absolute atomic E-state index is 0.364. The number of halogens is 1. The van der Waals surface area contributed by atoms with Gasteiger partial charge in [0.1, 0.15) is 0 Å². The van der Waals surface area contributed by atoms with Gasteiger partial charge in [0.2, 0.25) is 0 Å². The van der Waals surface area contributed by atoms with Crippen LogP contribution in [0, 0.1) is 0 Å². The zero-order valence-corrected chi connectivity index (χ0v) is 14.2. The molecule has 2 unspecified atom stereocenters. The molecule has 1 aliphatic heterocycles. The zero-order valence-electron chi connectivity index (χ0n) is 12.7. The van der Waals surface area contributed by atoms with Crippen LogP contribution >= 0.6 is 15.9 Å². The number of nitrogens with zero attached hydrogens (tertiary/aromatic N) is 1. The molecule has 0 aliphatic carbocycles. The van der Waals surface area contributed by atoms with Crippen LogP contribution in [0.25, 0.3) is 0 Å². The second-order valence-electron chi connectivity index (χ2n) is 5.51. The van der Waals surface area contributed by atoms with E-state index in [1.54, 1.807) is 0 Å². The molecule has 20 heavy (non-hydrogen) atoms. The van der Waals surface area contributed by atoms with Crippen molar-refractivity contribution in [3.8, 4) is 0 Å². The van der Waals surface area contributed by atoms with E-state index in [4.69, 9.17) is 4.74 Å². The van der Waals surface area contributed by atoms with Crippen LogP contribution in [0.15, 0.2) is 22.7 Å². The van der Waals surface area contributed by atoms with E-state index in [9.17, 15) is 0 Å². The number of hydrogen-bond donors (Lipinski definition) is 1. The molecule has 2 atom stereocenters. The van der Waals surface area contributed by atoms with Crippen LogP contribution in [0.5, 0.6) is 0 Å². The van der Waals surface area contributed by atoms with Gasteiger partial charge in [-0.15, -0.1) is 0 Å². The summed E-state index contributed by atoms with van der Waals surface area (Å²) in [5.41, 5.74) is 2.65. The van der Waals surface area contributed by atoms with E-state index < -0.39 is 0 Å². The summed E-state index contributed by atoms with van der Waals surface area (Å²) in [6, 6.07) is 7.42. The third-order valence-electron chi connectivity index (χ3n) is 3.99. The lowest BCUT2D eigenvalue weighted by Crippen LogP contribution is -2.33. The van der Waals surface area contributed by atoms with Gasteiger partial charge >= 0.3 is 0 Å². The van der Waals surface area contributed by atoms with E-state index in [1.165, 1.54) is 11.3 Å². The summed E-state index contributed by atoms with van der Waals surface area (Å²) in [5.74, 6) is 0. The van der Waals surface area contributed by atoms with Crippen molar-refractivity contribution in [2.75, 3.05) is 31.7 Å². The molecule has 1 fully saturated rings. The van der Waals surface area contributed by atoms with E-state index in [0.717, 1.165) is 37.1 Å². The fraction of sp³-hybridized carbons (Fsp3) is 0.625. The maximum absolute atomic E-state index is 5.53. The monoisotopic (exact) mass is 340 g/mol. The summed E-state index contributed by atoms with van der Waals surface area (Å²) >= 11 is 3.60. The summed E-state index contributed by atoms with van der Waals surface area (Å²) in [6.45, 7) is 7.19. The van der Waals surface area contributed by atoms with Gasteiger partial charge in [-0.05, 0) is 44.0 Å². The molecule has 2 rings (SSSR count). The topological polar surface area (TPSA) is 24.5 Å². The number of likely N-dealkylation sites (N-methyl/N-ethyl adjacent to an activating group) is 1. The van der Waals surface area contributed by atoms with Crippen molar-refractivity contribution >= 4 is 21.6 Å². The second-order valence-corrected chi connectivity index (χ2v) is 6.42. The lowest BCUT2D eigenvalue weighted by Gasteiger charge is -2.30. The van der Waals surface area contributed by atoms with E-state index in [0.29, 0.717) is 12.1 Å².